The summed E-state index contributed by atoms with van der Waals surface area (Å²) in [7, 11) is 1.84. The molecule has 5 nitrogen and oxygen atoms in total. The summed E-state index contributed by atoms with van der Waals surface area (Å²) in [5, 5.41) is 5.04. The first-order valence-electron chi connectivity index (χ1n) is 6.92. The van der Waals surface area contributed by atoms with Gasteiger partial charge in [-0.05, 0) is 30.5 Å². The van der Waals surface area contributed by atoms with Crippen LogP contribution in [0.15, 0.2) is 41.8 Å². The Balaban J connectivity index is 1.98. The van der Waals surface area contributed by atoms with Crippen molar-refractivity contribution in [2.75, 3.05) is 30.4 Å². The minimum atomic E-state index is -0.421. The van der Waals surface area contributed by atoms with Crippen molar-refractivity contribution in [3.05, 3.63) is 47.3 Å². The minimum Gasteiger partial charge on any atom is -0.462 e. The molecule has 0 aliphatic heterocycles. The van der Waals surface area contributed by atoms with Gasteiger partial charge in [0.2, 0.25) is 5.91 Å². The smallest absolute Gasteiger partial charge is 0.341 e. The SMILES string of the molecule is CCOC(=O)c1ccsc1NC(=O)CN(C)c1ccccc1. The van der Waals surface area contributed by atoms with Crippen LogP contribution in [0.1, 0.15) is 17.3 Å². The van der Waals surface area contributed by atoms with Crippen LogP contribution in [-0.4, -0.2) is 32.1 Å². The number of carbonyl (C=O) groups excluding carboxylic acids is 2. The van der Waals surface area contributed by atoms with Gasteiger partial charge in [-0.15, -0.1) is 11.3 Å². The molecule has 6 heteroatoms. The Labute approximate surface area is 133 Å². The summed E-state index contributed by atoms with van der Waals surface area (Å²) < 4.78 is 4.96. The standard InChI is InChI=1S/C16H18N2O3S/c1-3-21-16(20)13-9-10-22-15(13)17-14(19)11-18(2)12-7-5-4-6-8-12/h4-10H,3,11H2,1-2H3,(H,17,19). The van der Waals surface area contributed by atoms with E-state index >= 15 is 0 Å². The molecule has 0 aliphatic carbocycles. The number of amides is 1. The summed E-state index contributed by atoms with van der Waals surface area (Å²) in [5.74, 6) is -0.602. The summed E-state index contributed by atoms with van der Waals surface area (Å²) >= 11 is 1.30. The van der Waals surface area contributed by atoms with Crippen LogP contribution >= 0.6 is 11.3 Å². The van der Waals surface area contributed by atoms with Crippen LogP contribution in [0.3, 0.4) is 0 Å². The number of thiophene rings is 1. The van der Waals surface area contributed by atoms with E-state index in [2.05, 4.69) is 5.32 Å². The fraction of sp³-hybridized carbons (Fsp3) is 0.250. The van der Waals surface area contributed by atoms with Gasteiger partial charge in [0, 0.05) is 12.7 Å². The molecule has 22 heavy (non-hydrogen) atoms. The van der Waals surface area contributed by atoms with E-state index in [4.69, 9.17) is 4.74 Å². The Morgan fingerprint density at radius 3 is 2.64 bits per heavy atom. The quantitative estimate of drug-likeness (QED) is 0.832. The van der Waals surface area contributed by atoms with Crippen LogP contribution in [-0.2, 0) is 9.53 Å². The highest BCUT2D eigenvalue weighted by atomic mass is 32.1. The van der Waals surface area contributed by atoms with Gasteiger partial charge in [-0.2, -0.15) is 0 Å². The summed E-state index contributed by atoms with van der Waals surface area (Å²) in [6.45, 7) is 2.25. The molecule has 0 unspecified atom stereocenters. The predicted octanol–water partition coefficient (Wildman–Crippen LogP) is 3.00. The summed E-state index contributed by atoms with van der Waals surface area (Å²) in [6, 6.07) is 11.3. The van der Waals surface area contributed by atoms with Crippen LogP contribution in [0.25, 0.3) is 0 Å². The molecule has 0 saturated heterocycles. The Kier molecular flexibility index (Phi) is 5.55. The van der Waals surface area contributed by atoms with E-state index in [-0.39, 0.29) is 12.5 Å². The van der Waals surface area contributed by atoms with Crippen LogP contribution in [0.4, 0.5) is 10.7 Å². The topological polar surface area (TPSA) is 58.6 Å². The molecule has 1 heterocycles. The molecule has 0 fully saturated rings. The third-order valence-electron chi connectivity index (χ3n) is 2.99. The second-order valence-electron chi connectivity index (χ2n) is 4.62. The second-order valence-corrected chi connectivity index (χ2v) is 5.54. The number of hydrogen-bond donors (Lipinski definition) is 1. The molecule has 0 spiro atoms. The number of para-hydroxylation sites is 1. The molecule has 1 N–H and O–H groups in total. The monoisotopic (exact) mass is 318 g/mol. The lowest BCUT2D eigenvalue weighted by Crippen LogP contribution is -2.30. The fourth-order valence-corrected chi connectivity index (χ4v) is 2.72. The zero-order valence-corrected chi connectivity index (χ0v) is 13.4. The first kappa shape index (κ1) is 16.0. The fourth-order valence-electron chi connectivity index (χ4n) is 1.93. The van der Waals surface area contributed by atoms with Crippen molar-refractivity contribution in [3.8, 4) is 0 Å². The van der Waals surface area contributed by atoms with Crippen molar-refractivity contribution in [1.29, 1.82) is 0 Å². The first-order valence-corrected chi connectivity index (χ1v) is 7.80. The van der Waals surface area contributed by atoms with E-state index in [9.17, 15) is 9.59 Å². The van der Waals surface area contributed by atoms with Gasteiger partial charge >= 0.3 is 5.97 Å². The predicted molar refractivity (Wildman–Crippen MR) is 88.6 cm³/mol. The number of likely N-dealkylation sites (N-methyl/N-ethyl adjacent to an activating group) is 1. The van der Waals surface area contributed by atoms with Gasteiger partial charge in [0.1, 0.15) is 5.00 Å². The molecule has 1 amide bonds. The molecule has 1 aromatic heterocycles. The number of hydrogen-bond acceptors (Lipinski definition) is 5. The maximum atomic E-state index is 12.1. The molecule has 0 bridgehead atoms. The number of carbonyl (C=O) groups is 2. The van der Waals surface area contributed by atoms with Gasteiger partial charge in [-0.25, -0.2) is 4.79 Å². The Morgan fingerprint density at radius 1 is 1.23 bits per heavy atom. The highest BCUT2D eigenvalue weighted by Crippen LogP contribution is 2.24. The number of anilines is 2. The van der Waals surface area contributed by atoms with Crippen LogP contribution in [0.5, 0.6) is 0 Å². The number of ether oxygens (including phenoxy) is 1. The third-order valence-corrected chi connectivity index (χ3v) is 3.82. The van der Waals surface area contributed by atoms with Crippen LogP contribution in [0, 0.1) is 0 Å². The van der Waals surface area contributed by atoms with Gasteiger partial charge in [-0.1, -0.05) is 18.2 Å². The van der Waals surface area contributed by atoms with Crippen molar-refractivity contribution in [3.63, 3.8) is 0 Å². The van der Waals surface area contributed by atoms with Crippen LogP contribution in [0.2, 0.25) is 0 Å². The average molecular weight is 318 g/mol. The average Bonchev–Trinajstić information content (AvgIpc) is 2.96. The largest absolute Gasteiger partial charge is 0.462 e. The Morgan fingerprint density at radius 2 is 1.95 bits per heavy atom. The Hall–Kier alpha value is -2.34. The van der Waals surface area contributed by atoms with Crippen molar-refractivity contribution >= 4 is 33.9 Å². The normalized spacial score (nSPS) is 10.1. The molecule has 1 aromatic carbocycles. The number of benzene rings is 1. The second kappa shape index (κ2) is 7.61. The number of nitrogens with one attached hydrogen (secondary N) is 1. The molecule has 0 aliphatic rings. The van der Waals surface area contributed by atoms with Crippen molar-refractivity contribution < 1.29 is 14.3 Å². The maximum absolute atomic E-state index is 12.1. The van der Waals surface area contributed by atoms with E-state index < -0.39 is 5.97 Å². The van der Waals surface area contributed by atoms with E-state index in [0.717, 1.165) is 5.69 Å². The molecule has 0 radical (unpaired) electrons. The van der Waals surface area contributed by atoms with E-state index in [0.29, 0.717) is 17.2 Å². The molecular formula is C16H18N2O3S. The van der Waals surface area contributed by atoms with Crippen molar-refractivity contribution in [1.82, 2.24) is 0 Å². The lowest BCUT2D eigenvalue weighted by atomic mass is 10.3. The van der Waals surface area contributed by atoms with Gasteiger partial charge in [0.15, 0.2) is 0 Å². The summed E-state index contributed by atoms with van der Waals surface area (Å²) in [6.07, 6.45) is 0. The van der Waals surface area contributed by atoms with Crippen molar-refractivity contribution in [2.24, 2.45) is 0 Å². The van der Waals surface area contributed by atoms with Gasteiger partial charge in [0.05, 0.1) is 18.7 Å². The highest BCUT2D eigenvalue weighted by molar-refractivity contribution is 7.14. The molecule has 0 saturated carbocycles. The van der Waals surface area contributed by atoms with E-state index in [1.54, 1.807) is 18.4 Å². The van der Waals surface area contributed by atoms with Gasteiger partial charge in [-0.3, -0.25) is 4.79 Å². The molecule has 2 aromatic rings. The third kappa shape index (κ3) is 4.08. The van der Waals surface area contributed by atoms with Gasteiger partial charge < -0.3 is 15.0 Å². The van der Waals surface area contributed by atoms with Gasteiger partial charge in [0.25, 0.3) is 0 Å². The minimum absolute atomic E-state index is 0.181. The lowest BCUT2D eigenvalue weighted by Gasteiger charge is -2.18. The molecule has 2 rings (SSSR count). The molecule has 116 valence electrons. The lowest BCUT2D eigenvalue weighted by molar-refractivity contribution is -0.114. The van der Waals surface area contributed by atoms with Crippen LogP contribution < -0.4 is 10.2 Å². The Bertz CT molecular complexity index is 640. The number of esters is 1. The molecular weight excluding hydrogens is 300 g/mol. The highest BCUT2D eigenvalue weighted by Gasteiger charge is 2.16. The number of rotatable bonds is 6. The number of nitrogens with zero attached hydrogens (tertiary/aromatic N) is 1. The van der Waals surface area contributed by atoms with E-state index in [1.807, 2.05) is 42.3 Å². The maximum Gasteiger partial charge on any atom is 0.341 e. The first-order chi connectivity index (χ1) is 10.6. The zero-order chi connectivity index (χ0) is 15.9. The van der Waals surface area contributed by atoms with Crippen molar-refractivity contribution in [2.45, 2.75) is 6.92 Å². The molecule has 0 atom stereocenters. The zero-order valence-electron chi connectivity index (χ0n) is 12.5. The van der Waals surface area contributed by atoms with E-state index in [1.165, 1.54) is 11.3 Å². The summed E-state index contributed by atoms with van der Waals surface area (Å²) in [4.78, 5) is 25.7. The summed E-state index contributed by atoms with van der Waals surface area (Å²) in [5.41, 5.74) is 1.34.